The first-order valence-electron chi connectivity index (χ1n) is 42.3. The number of rotatable bonds is 72. The molecule has 6 heteroatoms. The van der Waals surface area contributed by atoms with Gasteiger partial charge in [0, 0.05) is 0 Å². The summed E-state index contributed by atoms with van der Waals surface area (Å²) in [5.41, 5.74) is 0. The van der Waals surface area contributed by atoms with Gasteiger partial charge in [0.25, 0.3) is 0 Å². The molecular formula is C84H180BrClFN3. The van der Waals surface area contributed by atoms with Gasteiger partial charge in [-0.3, -0.25) is 0 Å². The molecule has 0 saturated carbocycles. The molecule has 0 fully saturated rings. The van der Waals surface area contributed by atoms with Gasteiger partial charge in [-0.25, -0.2) is 0 Å². The van der Waals surface area contributed by atoms with Gasteiger partial charge in [0.2, 0.25) is 0 Å². The minimum absolute atomic E-state index is 0. The molecule has 90 heavy (non-hydrogen) atoms. The molecule has 0 saturated heterocycles. The summed E-state index contributed by atoms with van der Waals surface area (Å²) in [5, 5.41) is 0. The summed E-state index contributed by atoms with van der Waals surface area (Å²) >= 11 is 0. The van der Waals surface area contributed by atoms with Gasteiger partial charge in [-0.2, -0.15) is 0 Å². The summed E-state index contributed by atoms with van der Waals surface area (Å²) in [7, 11) is 0. The summed E-state index contributed by atoms with van der Waals surface area (Å²) in [6, 6.07) is 0. The first-order chi connectivity index (χ1) is 42.7. The Balaban J connectivity index is -0.000000289. The lowest BCUT2D eigenvalue weighted by molar-refractivity contribution is -0.929. The van der Waals surface area contributed by atoms with Crippen molar-refractivity contribution in [2.75, 3.05) is 78.5 Å². The zero-order valence-electron chi connectivity index (χ0n) is 65.4. The second kappa shape index (κ2) is 85.7. The van der Waals surface area contributed by atoms with Crippen molar-refractivity contribution in [1.29, 1.82) is 0 Å². The van der Waals surface area contributed by atoms with Crippen LogP contribution < -0.4 is 34.1 Å². The minimum Gasteiger partial charge on any atom is -1.00 e. The fraction of sp³-hybridized carbons (Fsp3) is 1.00. The highest BCUT2D eigenvalue weighted by Gasteiger charge is 2.28. The largest absolute Gasteiger partial charge is 1.00 e. The molecule has 0 bridgehead atoms. The van der Waals surface area contributed by atoms with E-state index >= 15 is 0 Å². The number of hydrogen-bond donors (Lipinski definition) is 0. The number of nitrogens with zero attached hydrogens (tertiary/aromatic N) is 3. The van der Waals surface area contributed by atoms with Crippen LogP contribution in [-0.2, 0) is 0 Å². The van der Waals surface area contributed by atoms with E-state index in [0.29, 0.717) is 0 Å². The lowest BCUT2D eigenvalue weighted by Crippen LogP contribution is -3.00. The predicted molar refractivity (Wildman–Crippen MR) is 404 cm³/mol. The van der Waals surface area contributed by atoms with Crippen molar-refractivity contribution in [2.24, 2.45) is 0 Å². The van der Waals surface area contributed by atoms with Crippen LogP contribution in [0.4, 0.5) is 0 Å². The molecule has 0 aliphatic rings. The first kappa shape index (κ1) is 102. The molecule has 0 spiro atoms. The number of quaternary nitrogens is 3. The fourth-order valence-electron chi connectivity index (χ4n) is 14.6. The van der Waals surface area contributed by atoms with Gasteiger partial charge in [-0.15, -0.1) is 0 Å². The van der Waals surface area contributed by atoms with E-state index in [1.54, 1.807) is 0 Å². The van der Waals surface area contributed by atoms with Gasteiger partial charge in [0.15, 0.2) is 0 Å². The van der Waals surface area contributed by atoms with Gasteiger partial charge < -0.3 is 47.5 Å². The van der Waals surface area contributed by atoms with Crippen LogP contribution in [0.15, 0.2) is 0 Å². The lowest BCUT2D eigenvalue weighted by Gasteiger charge is -2.40. The maximum Gasteiger partial charge on any atom is 0.0786 e. The van der Waals surface area contributed by atoms with Crippen LogP contribution in [0.3, 0.4) is 0 Å². The van der Waals surface area contributed by atoms with Crippen molar-refractivity contribution in [3.8, 4) is 0 Å². The van der Waals surface area contributed by atoms with Crippen molar-refractivity contribution in [3.05, 3.63) is 0 Å². The third-order valence-electron chi connectivity index (χ3n) is 20.8. The summed E-state index contributed by atoms with van der Waals surface area (Å²) < 4.78 is 4.41. The highest BCUT2D eigenvalue weighted by molar-refractivity contribution is 4.59. The molecule has 0 aromatic rings. The Kier molecular flexibility index (Phi) is 96.7. The third-order valence-corrected chi connectivity index (χ3v) is 20.8. The molecule has 0 unspecified atom stereocenters. The molecular weight excluding hydrogens is 1190 g/mol. The first-order valence-corrected chi connectivity index (χ1v) is 42.3. The van der Waals surface area contributed by atoms with E-state index < -0.39 is 0 Å². The van der Waals surface area contributed by atoms with Crippen LogP contribution in [0.25, 0.3) is 0 Å². The van der Waals surface area contributed by atoms with Gasteiger partial charge in [0.05, 0.1) is 78.5 Å². The van der Waals surface area contributed by atoms with E-state index in [4.69, 9.17) is 0 Å². The Labute approximate surface area is 590 Å². The minimum atomic E-state index is 0. The average molecular weight is 1370 g/mol. The topological polar surface area (TPSA) is 0 Å². The van der Waals surface area contributed by atoms with E-state index in [9.17, 15) is 0 Å². The standard InChI is InChI=1S/3C28H60N.BrH.ClH.FH/c3*1-5-9-13-17-21-25-29(26-22-18-14-10-6-2,27-23-19-15-11-7-3)28-24-20-16-12-8-4;;;/h3*5-28H2,1-4H3;3*1H/q3*+1;;;/p-3. The predicted octanol–water partition coefficient (Wildman–Crippen LogP) is 20.1. The molecule has 0 radical (unpaired) electrons. The lowest BCUT2D eigenvalue weighted by atomic mass is 10.1. The molecule has 0 N–H and O–H groups in total. The van der Waals surface area contributed by atoms with E-state index in [0.717, 1.165) is 0 Å². The van der Waals surface area contributed by atoms with Crippen molar-refractivity contribution >= 4 is 0 Å². The molecule has 3 nitrogen and oxygen atoms in total. The zero-order chi connectivity index (χ0) is 64.4. The van der Waals surface area contributed by atoms with Crippen molar-refractivity contribution in [2.45, 2.75) is 468 Å². The number of halogens is 3. The second-order valence-electron chi connectivity index (χ2n) is 29.7. The highest BCUT2D eigenvalue weighted by Crippen LogP contribution is 2.24. The summed E-state index contributed by atoms with van der Waals surface area (Å²) in [5.74, 6) is 0. The van der Waals surface area contributed by atoms with Crippen LogP contribution in [0.2, 0.25) is 0 Å². The molecule has 0 aliphatic heterocycles. The van der Waals surface area contributed by atoms with Crippen LogP contribution in [0, 0.1) is 0 Å². The Morgan fingerprint density at radius 1 is 0.122 bits per heavy atom. The van der Waals surface area contributed by atoms with Gasteiger partial charge >= 0.3 is 0 Å². The third kappa shape index (κ3) is 72.8. The Bertz CT molecular complexity index is 878. The zero-order valence-corrected chi connectivity index (χ0v) is 67.7. The summed E-state index contributed by atoms with van der Waals surface area (Å²) in [6.07, 6.45) is 86.4. The van der Waals surface area contributed by atoms with E-state index in [-0.39, 0.29) is 34.1 Å². The molecule has 0 heterocycles. The normalized spacial score (nSPS) is 11.6. The smallest absolute Gasteiger partial charge is 0.0786 e. The average Bonchev–Trinajstić information content (AvgIpc) is 3.52. The molecule has 0 amide bonds. The van der Waals surface area contributed by atoms with Gasteiger partial charge in [-0.05, 0) is 154 Å². The number of unbranched alkanes of at least 4 members (excludes halogenated alkanes) is 48. The summed E-state index contributed by atoms with van der Waals surface area (Å²) in [6.45, 7) is 45.7. The van der Waals surface area contributed by atoms with E-state index in [1.807, 2.05) is 0 Å². The Morgan fingerprint density at radius 2 is 0.189 bits per heavy atom. The van der Waals surface area contributed by atoms with E-state index in [1.165, 1.54) is 477 Å². The van der Waals surface area contributed by atoms with Crippen molar-refractivity contribution < 1.29 is 47.5 Å². The monoisotopic (exact) mass is 1360 g/mol. The molecule has 552 valence electrons. The Morgan fingerprint density at radius 3 is 0.256 bits per heavy atom. The summed E-state index contributed by atoms with van der Waals surface area (Å²) in [4.78, 5) is 0. The molecule has 0 aromatic heterocycles. The molecule has 0 atom stereocenters. The molecule has 0 aliphatic carbocycles. The second-order valence-corrected chi connectivity index (χ2v) is 29.7. The van der Waals surface area contributed by atoms with Crippen molar-refractivity contribution in [3.63, 3.8) is 0 Å². The Hall–Kier alpha value is 0.580. The SMILES string of the molecule is CCCCCCC[N+](CCCCCCC)(CCCCCCC)CCCCCCC.CCCCCCC[N+](CCCCCCC)(CCCCCCC)CCCCCCC.CCCCCCC[N+](CCCCCCC)(CCCCCCC)CCCCCCC.[Br-].[Cl-].[F-]. The number of hydrogen-bond acceptors (Lipinski definition) is 0. The van der Waals surface area contributed by atoms with Crippen molar-refractivity contribution in [1.82, 2.24) is 0 Å². The van der Waals surface area contributed by atoms with Crippen LogP contribution in [0.1, 0.15) is 468 Å². The van der Waals surface area contributed by atoms with Crippen LogP contribution >= 0.6 is 0 Å². The van der Waals surface area contributed by atoms with Gasteiger partial charge in [-0.1, -0.05) is 314 Å². The molecule has 0 rings (SSSR count). The maximum atomic E-state index is 2.34. The van der Waals surface area contributed by atoms with Crippen LogP contribution in [0.5, 0.6) is 0 Å². The maximum absolute atomic E-state index is 2.34. The quantitative estimate of drug-likeness (QED) is 0.0421. The fourth-order valence-corrected chi connectivity index (χ4v) is 14.6. The van der Waals surface area contributed by atoms with Crippen LogP contribution in [-0.4, -0.2) is 92.0 Å². The van der Waals surface area contributed by atoms with E-state index in [2.05, 4.69) is 83.1 Å². The molecule has 0 aromatic carbocycles. The highest BCUT2D eigenvalue weighted by atomic mass is 79.9. The van der Waals surface area contributed by atoms with Gasteiger partial charge in [0.1, 0.15) is 0 Å².